The molecule has 1 atom stereocenters. The number of nitrogens with zero attached hydrogens (tertiary/aromatic N) is 1. The van der Waals surface area contributed by atoms with Gasteiger partial charge >= 0.3 is 5.97 Å². The molecule has 2 aromatic rings. The molecular formula is C18H22FN3O4. The Morgan fingerprint density at radius 3 is 2.54 bits per heavy atom. The number of hydrogen-bond donors (Lipinski definition) is 3. The van der Waals surface area contributed by atoms with E-state index in [0.717, 1.165) is 0 Å². The van der Waals surface area contributed by atoms with Crippen LogP contribution in [0.4, 0.5) is 4.39 Å². The van der Waals surface area contributed by atoms with Crippen molar-refractivity contribution in [3.63, 3.8) is 0 Å². The van der Waals surface area contributed by atoms with Gasteiger partial charge < -0.3 is 15.2 Å². The van der Waals surface area contributed by atoms with E-state index in [2.05, 4.69) is 15.5 Å². The zero-order valence-corrected chi connectivity index (χ0v) is 14.9. The second-order valence-electron chi connectivity index (χ2n) is 6.79. The van der Waals surface area contributed by atoms with Gasteiger partial charge in [-0.05, 0) is 51.1 Å². The third kappa shape index (κ3) is 5.66. The molecule has 0 fully saturated rings. The van der Waals surface area contributed by atoms with Crippen LogP contribution in [-0.2, 0) is 9.53 Å². The molecule has 26 heavy (non-hydrogen) atoms. The molecule has 0 bridgehead atoms. The number of rotatable bonds is 7. The quantitative estimate of drug-likeness (QED) is 0.701. The molecule has 0 aliphatic heterocycles. The predicted molar refractivity (Wildman–Crippen MR) is 93.2 cm³/mol. The number of carbonyl (C=O) groups is 2. The maximum absolute atomic E-state index is 13.0. The Morgan fingerprint density at radius 1 is 1.31 bits per heavy atom. The number of aromatic nitrogens is 2. The lowest BCUT2D eigenvalue weighted by Crippen LogP contribution is -2.42. The van der Waals surface area contributed by atoms with Crippen LogP contribution in [0.25, 0.3) is 11.3 Å². The lowest BCUT2D eigenvalue weighted by molar-refractivity contribution is -0.140. The summed E-state index contributed by atoms with van der Waals surface area (Å²) >= 11 is 0. The number of amides is 1. The molecule has 7 nitrogen and oxygen atoms in total. The number of hydrogen-bond acceptors (Lipinski definition) is 4. The number of carbonyl (C=O) groups excluding carboxylic acids is 1. The molecule has 0 spiro atoms. The van der Waals surface area contributed by atoms with E-state index in [9.17, 15) is 19.1 Å². The van der Waals surface area contributed by atoms with Gasteiger partial charge in [0.25, 0.3) is 5.91 Å². The van der Waals surface area contributed by atoms with Gasteiger partial charge in [-0.2, -0.15) is 5.10 Å². The molecule has 3 N–H and O–H groups in total. The van der Waals surface area contributed by atoms with Crippen LogP contribution in [0, 0.1) is 5.82 Å². The highest BCUT2D eigenvalue weighted by molar-refractivity contribution is 5.95. The molecule has 8 heteroatoms. The van der Waals surface area contributed by atoms with Gasteiger partial charge in [-0.25, -0.2) is 9.18 Å². The number of aliphatic carboxylic acids is 1. The minimum Gasteiger partial charge on any atom is -0.480 e. The number of benzene rings is 1. The Morgan fingerprint density at radius 2 is 1.96 bits per heavy atom. The van der Waals surface area contributed by atoms with Gasteiger partial charge in [0.15, 0.2) is 0 Å². The Labute approximate surface area is 150 Å². The Kier molecular flexibility index (Phi) is 6.10. The molecule has 1 aromatic heterocycles. The number of halogens is 1. The van der Waals surface area contributed by atoms with Gasteiger partial charge in [0, 0.05) is 18.6 Å². The van der Waals surface area contributed by atoms with Crippen molar-refractivity contribution in [2.75, 3.05) is 6.61 Å². The van der Waals surface area contributed by atoms with E-state index >= 15 is 0 Å². The molecule has 140 valence electrons. The molecule has 0 saturated heterocycles. The first-order chi connectivity index (χ1) is 12.2. The van der Waals surface area contributed by atoms with Crippen molar-refractivity contribution in [3.8, 4) is 11.3 Å². The van der Waals surface area contributed by atoms with Gasteiger partial charge in [-0.1, -0.05) is 0 Å². The van der Waals surface area contributed by atoms with Crippen LogP contribution in [0.2, 0.25) is 0 Å². The number of nitrogens with one attached hydrogen (secondary N) is 2. The fraction of sp³-hybridized carbons (Fsp3) is 0.389. The lowest BCUT2D eigenvalue weighted by Gasteiger charge is -2.21. The average Bonchev–Trinajstić information content (AvgIpc) is 3.03. The molecule has 0 aliphatic carbocycles. The van der Waals surface area contributed by atoms with Crippen molar-refractivity contribution in [1.29, 1.82) is 0 Å². The molecule has 0 radical (unpaired) electrons. The van der Waals surface area contributed by atoms with Crippen LogP contribution in [-0.4, -0.2) is 45.4 Å². The van der Waals surface area contributed by atoms with Gasteiger partial charge in [0.2, 0.25) is 0 Å². The van der Waals surface area contributed by atoms with E-state index in [1.54, 1.807) is 0 Å². The third-order valence-electron chi connectivity index (χ3n) is 3.51. The summed E-state index contributed by atoms with van der Waals surface area (Å²) in [5, 5.41) is 18.3. The van der Waals surface area contributed by atoms with Crippen molar-refractivity contribution in [2.24, 2.45) is 0 Å². The van der Waals surface area contributed by atoms with Crippen LogP contribution in [0.15, 0.2) is 30.3 Å². The summed E-state index contributed by atoms with van der Waals surface area (Å²) in [6, 6.07) is 6.06. The second-order valence-corrected chi connectivity index (χ2v) is 6.79. The van der Waals surface area contributed by atoms with Crippen molar-refractivity contribution in [1.82, 2.24) is 15.5 Å². The number of ether oxygens (including phenoxy) is 1. The lowest BCUT2D eigenvalue weighted by atomic mass is 10.1. The minimum absolute atomic E-state index is 0.118. The molecule has 1 amide bonds. The zero-order valence-electron chi connectivity index (χ0n) is 14.9. The van der Waals surface area contributed by atoms with Crippen LogP contribution in [0.1, 0.15) is 37.7 Å². The van der Waals surface area contributed by atoms with Crippen molar-refractivity contribution < 1.29 is 23.8 Å². The highest BCUT2D eigenvalue weighted by Crippen LogP contribution is 2.18. The van der Waals surface area contributed by atoms with Gasteiger partial charge in [0.05, 0.1) is 11.3 Å². The Bertz CT molecular complexity index is 765. The first kappa shape index (κ1) is 19.6. The Balaban J connectivity index is 2.01. The van der Waals surface area contributed by atoms with E-state index in [-0.39, 0.29) is 30.1 Å². The van der Waals surface area contributed by atoms with E-state index < -0.39 is 17.9 Å². The highest BCUT2D eigenvalue weighted by Gasteiger charge is 2.23. The van der Waals surface area contributed by atoms with Gasteiger partial charge in [-0.15, -0.1) is 0 Å². The highest BCUT2D eigenvalue weighted by atomic mass is 19.1. The van der Waals surface area contributed by atoms with Crippen LogP contribution in [0.5, 0.6) is 0 Å². The van der Waals surface area contributed by atoms with E-state index in [4.69, 9.17) is 4.74 Å². The summed E-state index contributed by atoms with van der Waals surface area (Å²) in [5.41, 5.74) is 0.820. The summed E-state index contributed by atoms with van der Waals surface area (Å²) < 4.78 is 18.5. The minimum atomic E-state index is -1.14. The first-order valence-corrected chi connectivity index (χ1v) is 8.15. The van der Waals surface area contributed by atoms with Crippen LogP contribution >= 0.6 is 0 Å². The normalized spacial score (nSPS) is 12.6. The molecule has 2 rings (SSSR count). The summed E-state index contributed by atoms with van der Waals surface area (Å²) in [7, 11) is 0. The number of aromatic amines is 1. The monoisotopic (exact) mass is 363 g/mol. The first-order valence-electron chi connectivity index (χ1n) is 8.15. The molecular weight excluding hydrogens is 341 g/mol. The molecule has 0 aliphatic rings. The largest absolute Gasteiger partial charge is 0.480 e. The molecule has 1 heterocycles. The van der Waals surface area contributed by atoms with Gasteiger partial charge in [0.1, 0.15) is 17.6 Å². The SMILES string of the molecule is CC(C)(C)OCCC(NC(=O)c1cc(-c2ccc(F)cc2)n[nH]1)C(=O)O. The number of H-pyrrole nitrogens is 1. The fourth-order valence-corrected chi connectivity index (χ4v) is 2.18. The summed E-state index contributed by atoms with van der Waals surface area (Å²) in [5.74, 6) is -2.10. The average molecular weight is 363 g/mol. The van der Waals surface area contributed by atoms with E-state index in [1.807, 2.05) is 20.8 Å². The second kappa shape index (κ2) is 8.09. The standard InChI is InChI=1S/C18H22FN3O4/c1-18(2,3)26-9-8-13(17(24)25)20-16(23)15-10-14(21-22-15)11-4-6-12(19)7-5-11/h4-7,10,13H,8-9H2,1-3H3,(H,20,23)(H,21,22)(H,24,25). The predicted octanol–water partition coefficient (Wildman–Crippen LogP) is 2.60. The summed E-state index contributed by atoms with van der Waals surface area (Å²) in [4.78, 5) is 23.6. The van der Waals surface area contributed by atoms with E-state index in [1.165, 1.54) is 30.3 Å². The fourth-order valence-electron chi connectivity index (χ4n) is 2.18. The number of carboxylic acid groups (broad SMARTS) is 1. The van der Waals surface area contributed by atoms with Gasteiger partial charge in [-0.3, -0.25) is 9.89 Å². The topological polar surface area (TPSA) is 104 Å². The smallest absolute Gasteiger partial charge is 0.326 e. The van der Waals surface area contributed by atoms with Crippen LogP contribution < -0.4 is 5.32 Å². The Hall–Kier alpha value is -2.74. The molecule has 0 saturated carbocycles. The van der Waals surface area contributed by atoms with Crippen molar-refractivity contribution in [2.45, 2.75) is 38.8 Å². The van der Waals surface area contributed by atoms with Crippen LogP contribution in [0.3, 0.4) is 0 Å². The summed E-state index contributed by atoms with van der Waals surface area (Å²) in [6.07, 6.45) is 0.136. The van der Waals surface area contributed by atoms with Crippen molar-refractivity contribution in [3.05, 3.63) is 41.8 Å². The maximum atomic E-state index is 13.0. The maximum Gasteiger partial charge on any atom is 0.326 e. The molecule has 1 aromatic carbocycles. The molecule has 1 unspecified atom stereocenters. The van der Waals surface area contributed by atoms with Crippen molar-refractivity contribution >= 4 is 11.9 Å². The van der Waals surface area contributed by atoms with E-state index in [0.29, 0.717) is 11.3 Å². The number of carboxylic acids is 1. The third-order valence-corrected chi connectivity index (χ3v) is 3.51. The summed E-state index contributed by atoms with van der Waals surface area (Å²) in [6.45, 7) is 5.79. The zero-order chi connectivity index (χ0) is 19.3.